The third-order valence-electron chi connectivity index (χ3n) is 2.68. The minimum absolute atomic E-state index is 0.145. The van der Waals surface area contributed by atoms with Crippen LogP contribution in [-0.4, -0.2) is 22.1 Å². The molecule has 3 N–H and O–H groups in total. The van der Waals surface area contributed by atoms with E-state index in [4.69, 9.17) is 5.73 Å². The van der Waals surface area contributed by atoms with Crippen LogP contribution in [0.5, 0.6) is 0 Å². The number of nitrogens with zero attached hydrogens (tertiary/aromatic N) is 2. The zero-order chi connectivity index (χ0) is 11.3. The summed E-state index contributed by atoms with van der Waals surface area (Å²) < 4.78 is 1.02. The zero-order valence-corrected chi connectivity index (χ0v) is 11.3. The van der Waals surface area contributed by atoms with Gasteiger partial charge in [0.05, 0.1) is 3.57 Å². The maximum atomic E-state index is 6.19. The van der Waals surface area contributed by atoms with Gasteiger partial charge in [-0.1, -0.05) is 13.8 Å². The molecular weight excluding hydrogens is 303 g/mol. The highest BCUT2D eigenvalue weighted by molar-refractivity contribution is 14.1. The van der Waals surface area contributed by atoms with Gasteiger partial charge in [-0.25, -0.2) is 9.97 Å². The summed E-state index contributed by atoms with van der Waals surface area (Å²) in [5.41, 5.74) is 6.04. The molecule has 0 aliphatic heterocycles. The first-order chi connectivity index (χ1) is 7.11. The fraction of sp³-hybridized carbons (Fsp3) is 0.600. The quantitative estimate of drug-likeness (QED) is 0.815. The number of nitrogens with one attached hydrogen (secondary N) is 1. The molecule has 84 valence electrons. The second-order valence-corrected chi connectivity index (χ2v) is 4.80. The Kier molecular flexibility index (Phi) is 4.72. The number of anilines is 1. The van der Waals surface area contributed by atoms with Crippen LogP contribution in [0.25, 0.3) is 0 Å². The molecule has 0 bridgehead atoms. The van der Waals surface area contributed by atoms with Gasteiger partial charge >= 0.3 is 0 Å². The van der Waals surface area contributed by atoms with E-state index in [1.807, 2.05) is 0 Å². The molecule has 1 aromatic heterocycles. The lowest BCUT2D eigenvalue weighted by Gasteiger charge is -2.27. The van der Waals surface area contributed by atoms with Crippen LogP contribution in [0.15, 0.2) is 12.5 Å². The Balaban J connectivity index is 2.61. The number of hydrogen-bond donors (Lipinski definition) is 2. The number of aromatic nitrogens is 2. The van der Waals surface area contributed by atoms with Crippen LogP contribution in [0.3, 0.4) is 0 Å². The maximum Gasteiger partial charge on any atom is 0.142 e. The largest absolute Gasteiger partial charge is 0.367 e. The molecule has 0 radical (unpaired) electrons. The number of halogens is 1. The molecule has 15 heavy (non-hydrogen) atoms. The summed E-state index contributed by atoms with van der Waals surface area (Å²) in [5, 5.41) is 3.27. The van der Waals surface area contributed by atoms with Gasteiger partial charge in [0.15, 0.2) is 0 Å². The van der Waals surface area contributed by atoms with Gasteiger partial charge in [-0.3, -0.25) is 0 Å². The van der Waals surface area contributed by atoms with Gasteiger partial charge in [0.25, 0.3) is 0 Å². The molecule has 1 aromatic rings. The van der Waals surface area contributed by atoms with E-state index in [2.05, 4.69) is 51.7 Å². The van der Waals surface area contributed by atoms with E-state index in [9.17, 15) is 0 Å². The molecule has 0 fully saturated rings. The number of nitrogens with two attached hydrogens (primary N) is 1. The first-order valence-corrected chi connectivity index (χ1v) is 6.17. The summed E-state index contributed by atoms with van der Waals surface area (Å²) in [5.74, 6) is 0.863. The maximum absolute atomic E-state index is 6.19. The molecule has 1 rings (SSSR count). The van der Waals surface area contributed by atoms with Crippen molar-refractivity contribution in [2.24, 2.45) is 5.73 Å². The van der Waals surface area contributed by atoms with E-state index >= 15 is 0 Å². The molecule has 0 aromatic carbocycles. The monoisotopic (exact) mass is 320 g/mol. The molecule has 0 spiro atoms. The Bertz CT molecular complexity index is 312. The molecule has 0 unspecified atom stereocenters. The predicted molar refractivity (Wildman–Crippen MR) is 70.7 cm³/mol. The molecule has 0 aliphatic carbocycles. The molecule has 0 atom stereocenters. The zero-order valence-electron chi connectivity index (χ0n) is 9.13. The highest BCUT2D eigenvalue weighted by Crippen LogP contribution is 2.16. The van der Waals surface area contributed by atoms with Gasteiger partial charge < -0.3 is 11.1 Å². The third-order valence-corrected chi connectivity index (χ3v) is 3.47. The summed E-state index contributed by atoms with van der Waals surface area (Å²) >= 11 is 2.21. The molecule has 0 saturated heterocycles. The number of hydrogen-bond acceptors (Lipinski definition) is 4. The Morgan fingerprint density at radius 3 is 2.67 bits per heavy atom. The van der Waals surface area contributed by atoms with Crippen molar-refractivity contribution in [3.05, 3.63) is 16.1 Å². The topological polar surface area (TPSA) is 63.8 Å². The Hall–Kier alpha value is -0.430. The fourth-order valence-electron chi connectivity index (χ4n) is 1.20. The highest BCUT2D eigenvalue weighted by Gasteiger charge is 2.20. The molecule has 1 heterocycles. The van der Waals surface area contributed by atoms with Crippen LogP contribution in [-0.2, 0) is 0 Å². The first-order valence-electron chi connectivity index (χ1n) is 5.09. The van der Waals surface area contributed by atoms with Crippen molar-refractivity contribution in [2.45, 2.75) is 32.2 Å². The third kappa shape index (κ3) is 3.57. The van der Waals surface area contributed by atoms with Crippen LogP contribution >= 0.6 is 22.6 Å². The normalized spacial score (nSPS) is 11.5. The van der Waals surface area contributed by atoms with Gasteiger partial charge in [-0.05, 0) is 35.4 Å². The standard InChI is InChI=1S/C10H17IN4/c1-3-10(12,4-2)6-14-9-8(11)5-13-7-15-9/h5,7H,3-4,6,12H2,1-2H3,(H,13,14,15). The van der Waals surface area contributed by atoms with Gasteiger partial charge in [-0.15, -0.1) is 0 Å². The lowest BCUT2D eigenvalue weighted by atomic mass is 9.94. The smallest absolute Gasteiger partial charge is 0.142 e. The van der Waals surface area contributed by atoms with Gasteiger partial charge in [0, 0.05) is 18.3 Å². The van der Waals surface area contributed by atoms with E-state index in [0.29, 0.717) is 0 Å². The minimum Gasteiger partial charge on any atom is -0.367 e. The average Bonchev–Trinajstić information content (AvgIpc) is 2.28. The van der Waals surface area contributed by atoms with Crippen LogP contribution < -0.4 is 11.1 Å². The van der Waals surface area contributed by atoms with E-state index in [-0.39, 0.29) is 5.54 Å². The average molecular weight is 320 g/mol. The van der Waals surface area contributed by atoms with Crippen LogP contribution in [0.2, 0.25) is 0 Å². The molecule has 0 saturated carbocycles. The molecular formula is C10H17IN4. The van der Waals surface area contributed by atoms with Crippen molar-refractivity contribution in [1.29, 1.82) is 0 Å². The summed E-state index contributed by atoms with van der Waals surface area (Å²) in [6.07, 6.45) is 5.24. The van der Waals surface area contributed by atoms with E-state index in [0.717, 1.165) is 28.8 Å². The van der Waals surface area contributed by atoms with Crippen molar-refractivity contribution in [3.8, 4) is 0 Å². The van der Waals surface area contributed by atoms with E-state index < -0.39 is 0 Å². The van der Waals surface area contributed by atoms with Crippen molar-refractivity contribution in [2.75, 3.05) is 11.9 Å². The van der Waals surface area contributed by atoms with Gasteiger partial charge in [0.1, 0.15) is 12.1 Å². The Morgan fingerprint density at radius 2 is 2.13 bits per heavy atom. The van der Waals surface area contributed by atoms with E-state index in [1.165, 1.54) is 0 Å². The lowest BCUT2D eigenvalue weighted by molar-refractivity contribution is 0.417. The van der Waals surface area contributed by atoms with E-state index in [1.54, 1.807) is 12.5 Å². The summed E-state index contributed by atoms with van der Waals surface area (Å²) in [4.78, 5) is 8.10. The summed E-state index contributed by atoms with van der Waals surface area (Å²) in [7, 11) is 0. The predicted octanol–water partition coefficient (Wildman–Crippen LogP) is 2.01. The van der Waals surface area contributed by atoms with Crippen molar-refractivity contribution in [1.82, 2.24) is 9.97 Å². The lowest BCUT2D eigenvalue weighted by Crippen LogP contribution is -2.45. The minimum atomic E-state index is -0.145. The van der Waals surface area contributed by atoms with Gasteiger partial charge in [0.2, 0.25) is 0 Å². The van der Waals surface area contributed by atoms with Crippen molar-refractivity contribution < 1.29 is 0 Å². The SMILES string of the molecule is CCC(N)(CC)CNc1ncncc1I. The second kappa shape index (κ2) is 5.60. The van der Waals surface area contributed by atoms with Crippen molar-refractivity contribution >= 4 is 28.4 Å². The van der Waals surface area contributed by atoms with Crippen LogP contribution in [0.4, 0.5) is 5.82 Å². The Labute approximate surface area is 104 Å². The summed E-state index contributed by atoms with van der Waals surface area (Å²) in [6.45, 7) is 4.96. The molecule has 4 nitrogen and oxygen atoms in total. The highest BCUT2D eigenvalue weighted by atomic mass is 127. The van der Waals surface area contributed by atoms with Crippen LogP contribution in [0, 0.1) is 3.57 Å². The molecule has 0 aliphatic rings. The number of rotatable bonds is 5. The van der Waals surface area contributed by atoms with Crippen LogP contribution in [0.1, 0.15) is 26.7 Å². The van der Waals surface area contributed by atoms with Crippen molar-refractivity contribution in [3.63, 3.8) is 0 Å². The summed E-state index contributed by atoms with van der Waals surface area (Å²) in [6, 6.07) is 0. The first kappa shape index (κ1) is 12.6. The van der Waals surface area contributed by atoms with Gasteiger partial charge in [-0.2, -0.15) is 0 Å². The second-order valence-electron chi connectivity index (χ2n) is 3.64. The molecule has 0 amide bonds. The Morgan fingerprint density at radius 1 is 1.47 bits per heavy atom. The fourth-order valence-corrected chi connectivity index (χ4v) is 1.69. The molecule has 5 heteroatoms.